The number of ether oxygens (including phenoxy) is 5. The first kappa shape index (κ1) is 16.3. The van der Waals surface area contributed by atoms with Crippen LogP contribution < -0.4 is 18.9 Å². The number of benzene rings is 2. The molecule has 2 aromatic carbocycles. The van der Waals surface area contributed by atoms with Gasteiger partial charge >= 0.3 is 5.97 Å². The monoisotopic (exact) mass is 354 g/mol. The Bertz CT molecular complexity index is 809. The largest absolute Gasteiger partial charge is 0.486 e. The van der Waals surface area contributed by atoms with E-state index < -0.39 is 5.97 Å². The Balaban J connectivity index is 1.78. The van der Waals surface area contributed by atoms with E-state index in [0.29, 0.717) is 55.0 Å². The third-order valence-electron chi connectivity index (χ3n) is 4.17. The highest BCUT2D eigenvalue weighted by atomic mass is 16.6. The molecule has 0 saturated heterocycles. The number of carbonyl (C=O) groups is 1. The molecule has 0 amide bonds. The first-order valence-corrected chi connectivity index (χ1v) is 8.34. The van der Waals surface area contributed by atoms with Crippen LogP contribution in [0.15, 0.2) is 42.5 Å². The maximum absolute atomic E-state index is 11.9. The summed E-state index contributed by atoms with van der Waals surface area (Å²) in [5.41, 5.74) is 2.33. The van der Waals surface area contributed by atoms with Crippen LogP contribution in [0.25, 0.3) is 5.57 Å². The minimum absolute atomic E-state index is 0.440. The first-order chi connectivity index (χ1) is 12.7. The molecule has 0 aliphatic carbocycles. The molecule has 0 fully saturated rings. The number of esters is 1. The molecule has 0 saturated carbocycles. The van der Waals surface area contributed by atoms with Gasteiger partial charge in [0.25, 0.3) is 0 Å². The number of hydrogen-bond acceptors (Lipinski definition) is 6. The molecule has 134 valence electrons. The molecular weight excluding hydrogens is 336 g/mol. The molecule has 0 bridgehead atoms. The summed E-state index contributed by atoms with van der Waals surface area (Å²) in [6, 6.07) is 11.2. The Morgan fingerprint density at radius 1 is 0.808 bits per heavy atom. The van der Waals surface area contributed by atoms with Gasteiger partial charge < -0.3 is 23.7 Å². The molecular formula is C20H18O6. The van der Waals surface area contributed by atoms with E-state index in [4.69, 9.17) is 23.7 Å². The molecule has 0 aromatic heterocycles. The summed E-state index contributed by atoms with van der Waals surface area (Å²) >= 11 is 0. The van der Waals surface area contributed by atoms with Gasteiger partial charge in [-0.3, -0.25) is 0 Å². The molecule has 2 aliphatic heterocycles. The number of hydrogen-bond donors (Lipinski definition) is 0. The topological polar surface area (TPSA) is 63.2 Å². The highest BCUT2D eigenvalue weighted by Crippen LogP contribution is 2.38. The maximum atomic E-state index is 11.9. The van der Waals surface area contributed by atoms with Gasteiger partial charge in [-0.15, -0.1) is 0 Å². The van der Waals surface area contributed by atoms with E-state index in [9.17, 15) is 4.79 Å². The number of fused-ring (bicyclic) bond motifs is 2. The van der Waals surface area contributed by atoms with Crippen molar-refractivity contribution in [2.75, 3.05) is 33.5 Å². The van der Waals surface area contributed by atoms with E-state index in [1.54, 1.807) is 0 Å². The van der Waals surface area contributed by atoms with Crippen LogP contribution in [0.5, 0.6) is 23.0 Å². The molecule has 6 nitrogen and oxygen atoms in total. The third-order valence-corrected chi connectivity index (χ3v) is 4.17. The third kappa shape index (κ3) is 3.18. The molecule has 0 unspecified atom stereocenters. The predicted octanol–water partition coefficient (Wildman–Crippen LogP) is 2.83. The van der Waals surface area contributed by atoms with Crippen LogP contribution in [0.4, 0.5) is 0 Å². The van der Waals surface area contributed by atoms with Crippen LogP contribution >= 0.6 is 0 Å². The zero-order valence-electron chi connectivity index (χ0n) is 14.3. The van der Waals surface area contributed by atoms with Crippen molar-refractivity contribution in [1.29, 1.82) is 0 Å². The van der Waals surface area contributed by atoms with Gasteiger partial charge in [0.15, 0.2) is 23.0 Å². The summed E-state index contributed by atoms with van der Waals surface area (Å²) in [5.74, 6) is 2.26. The molecule has 2 heterocycles. The zero-order chi connectivity index (χ0) is 17.9. The molecule has 0 spiro atoms. The average Bonchev–Trinajstić information content (AvgIpc) is 2.71. The van der Waals surface area contributed by atoms with Crippen LogP contribution in [-0.4, -0.2) is 39.5 Å². The van der Waals surface area contributed by atoms with Gasteiger partial charge in [-0.05, 0) is 41.0 Å². The minimum Gasteiger partial charge on any atom is -0.486 e. The molecule has 0 radical (unpaired) electrons. The van der Waals surface area contributed by atoms with Crippen LogP contribution in [0, 0.1) is 0 Å². The van der Waals surface area contributed by atoms with Crippen molar-refractivity contribution in [3.63, 3.8) is 0 Å². The molecule has 6 heteroatoms. The van der Waals surface area contributed by atoms with Crippen LogP contribution in [0.1, 0.15) is 11.1 Å². The fraction of sp³-hybridized carbons (Fsp3) is 0.250. The number of methoxy groups -OCH3 is 1. The molecule has 2 aliphatic rings. The normalized spacial score (nSPS) is 14.3. The maximum Gasteiger partial charge on any atom is 0.331 e. The van der Waals surface area contributed by atoms with Gasteiger partial charge in [-0.25, -0.2) is 4.79 Å². The Hall–Kier alpha value is -3.15. The lowest BCUT2D eigenvalue weighted by molar-refractivity contribution is -0.134. The summed E-state index contributed by atoms with van der Waals surface area (Å²) in [4.78, 5) is 11.9. The average molecular weight is 354 g/mol. The van der Waals surface area contributed by atoms with E-state index >= 15 is 0 Å². The van der Waals surface area contributed by atoms with Crippen molar-refractivity contribution in [1.82, 2.24) is 0 Å². The van der Waals surface area contributed by atoms with Gasteiger partial charge in [-0.1, -0.05) is 12.1 Å². The summed E-state index contributed by atoms with van der Waals surface area (Å²) in [7, 11) is 1.35. The highest BCUT2D eigenvalue weighted by Gasteiger charge is 2.18. The predicted molar refractivity (Wildman–Crippen MR) is 94.0 cm³/mol. The molecule has 26 heavy (non-hydrogen) atoms. The Morgan fingerprint density at radius 2 is 1.27 bits per heavy atom. The summed E-state index contributed by atoms with van der Waals surface area (Å²) in [5, 5.41) is 0. The van der Waals surface area contributed by atoms with Gasteiger partial charge in [-0.2, -0.15) is 0 Å². The second kappa shape index (κ2) is 7.00. The second-order valence-corrected chi connectivity index (χ2v) is 5.80. The van der Waals surface area contributed by atoms with E-state index in [1.807, 2.05) is 36.4 Å². The minimum atomic E-state index is -0.440. The summed E-state index contributed by atoms with van der Waals surface area (Å²) in [6.07, 6.45) is 1.46. The van der Waals surface area contributed by atoms with Crippen molar-refractivity contribution in [2.45, 2.75) is 0 Å². The lowest BCUT2D eigenvalue weighted by Gasteiger charge is -2.21. The fourth-order valence-corrected chi connectivity index (χ4v) is 2.93. The lowest BCUT2D eigenvalue weighted by Crippen LogP contribution is -2.15. The van der Waals surface area contributed by atoms with Crippen LogP contribution in [-0.2, 0) is 9.53 Å². The van der Waals surface area contributed by atoms with Crippen molar-refractivity contribution < 1.29 is 28.5 Å². The summed E-state index contributed by atoms with van der Waals surface area (Å²) in [6.45, 7) is 2.05. The molecule has 0 atom stereocenters. The number of rotatable bonds is 3. The standard InChI is InChI=1S/C20H18O6/c1-22-20(21)12-15(13-2-4-16-18(10-13)25-8-6-23-16)14-3-5-17-19(11-14)26-9-7-24-17/h2-5,10-12H,6-9H2,1H3. The quantitative estimate of drug-likeness (QED) is 0.624. The lowest BCUT2D eigenvalue weighted by atomic mass is 9.96. The Kier molecular flexibility index (Phi) is 4.39. The van der Waals surface area contributed by atoms with E-state index in [1.165, 1.54) is 13.2 Å². The zero-order valence-corrected chi connectivity index (χ0v) is 14.3. The van der Waals surface area contributed by atoms with Gasteiger partial charge in [0.05, 0.1) is 7.11 Å². The summed E-state index contributed by atoms with van der Waals surface area (Å²) < 4.78 is 27.3. The van der Waals surface area contributed by atoms with Crippen LogP contribution in [0.3, 0.4) is 0 Å². The van der Waals surface area contributed by atoms with Crippen LogP contribution in [0.2, 0.25) is 0 Å². The Labute approximate surface area is 150 Å². The van der Waals surface area contributed by atoms with Crippen molar-refractivity contribution >= 4 is 11.5 Å². The highest BCUT2D eigenvalue weighted by molar-refractivity contribution is 5.96. The number of carbonyl (C=O) groups excluding carboxylic acids is 1. The first-order valence-electron chi connectivity index (χ1n) is 8.34. The van der Waals surface area contributed by atoms with E-state index in [0.717, 1.165) is 11.1 Å². The molecule has 2 aromatic rings. The van der Waals surface area contributed by atoms with Crippen molar-refractivity contribution in [3.05, 3.63) is 53.6 Å². The van der Waals surface area contributed by atoms with Gasteiger partial charge in [0.1, 0.15) is 26.4 Å². The van der Waals surface area contributed by atoms with Gasteiger partial charge in [0, 0.05) is 6.08 Å². The smallest absolute Gasteiger partial charge is 0.331 e. The van der Waals surface area contributed by atoms with Crippen molar-refractivity contribution in [3.8, 4) is 23.0 Å². The van der Waals surface area contributed by atoms with E-state index in [-0.39, 0.29) is 0 Å². The molecule has 4 rings (SSSR count). The second-order valence-electron chi connectivity index (χ2n) is 5.80. The van der Waals surface area contributed by atoms with Crippen molar-refractivity contribution in [2.24, 2.45) is 0 Å². The Morgan fingerprint density at radius 3 is 1.73 bits per heavy atom. The SMILES string of the molecule is COC(=O)C=C(c1ccc2c(c1)OCCO2)c1ccc2c(c1)OCCO2. The van der Waals surface area contributed by atoms with E-state index in [2.05, 4.69) is 0 Å². The molecule has 0 N–H and O–H groups in total. The van der Waals surface area contributed by atoms with Gasteiger partial charge in [0.2, 0.25) is 0 Å². The fourth-order valence-electron chi connectivity index (χ4n) is 2.93.